The molecule has 0 radical (unpaired) electrons. The van der Waals surface area contributed by atoms with Crippen molar-refractivity contribution in [2.45, 2.75) is 38.3 Å². The van der Waals surface area contributed by atoms with Crippen molar-refractivity contribution in [2.24, 2.45) is 0 Å². The topological polar surface area (TPSA) is 58.6 Å². The molecule has 1 unspecified atom stereocenters. The van der Waals surface area contributed by atoms with Crippen molar-refractivity contribution in [3.63, 3.8) is 0 Å². The van der Waals surface area contributed by atoms with Gasteiger partial charge in [0.1, 0.15) is 0 Å². The van der Waals surface area contributed by atoms with Crippen LogP contribution in [0.3, 0.4) is 0 Å². The molecule has 7 heteroatoms. The number of carbonyl (C=O) groups excluding carboxylic acids is 1. The van der Waals surface area contributed by atoms with Crippen LogP contribution < -0.4 is 5.32 Å². The predicted octanol–water partition coefficient (Wildman–Crippen LogP) is 0.798. The minimum atomic E-state index is -5.18. The third kappa shape index (κ3) is 3.35. The molecule has 0 rings (SSSR count). The fraction of sp³-hybridized carbons (Fsp3) is 0.875. The summed E-state index contributed by atoms with van der Waals surface area (Å²) in [6.45, 7) is 4.45. The average molecular weight is 229 g/mol. The maximum atomic E-state index is 12.3. The smallest absolute Gasteiger partial charge is 0.351 e. The molecule has 0 aromatic heterocycles. The Morgan fingerprint density at radius 1 is 1.27 bits per heavy atom. The van der Waals surface area contributed by atoms with E-state index in [9.17, 15) is 18.0 Å². The maximum absolute atomic E-state index is 12.3. The first kappa shape index (κ1) is 14.2. The minimum absolute atomic E-state index is 0.607. The van der Waals surface area contributed by atoms with E-state index in [2.05, 4.69) is 4.74 Å². The second kappa shape index (κ2) is 3.97. The zero-order valence-corrected chi connectivity index (χ0v) is 8.90. The first-order chi connectivity index (χ1) is 6.44. The Morgan fingerprint density at radius 3 is 1.87 bits per heavy atom. The Balaban J connectivity index is 4.92. The molecule has 0 aliphatic rings. The normalized spacial score (nSPS) is 17.1. The molecule has 0 spiro atoms. The van der Waals surface area contributed by atoms with Crippen LogP contribution in [0.25, 0.3) is 0 Å². The van der Waals surface area contributed by atoms with E-state index in [1.54, 1.807) is 0 Å². The van der Waals surface area contributed by atoms with Crippen molar-refractivity contribution in [3.05, 3.63) is 0 Å². The lowest BCUT2D eigenvalue weighted by Gasteiger charge is -2.30. The molecule has 0 heterocycles. The molecule has 1 amide bonds. The van der Waals surface area contributed by atoms with Gasteiger partial charge in [-0.05, 0) is 20.8 Å². The first-order valence-corrected chi connectivity index (χ1v) is 4.11. The van der Waals surface area contributed by atoms with Gasteiger partial charge < -0.3 is 15.2 Å². The summed E-state index contributed by atoms with van der Waals surface area (Å²) in [5.74, 6) is -5.44. The van der Waals surface area contributed by atoms with Gasteiger partial charge in [0.25, 0.3) is 5.91 Å². The molecule has 4 nitrogen and oxygen atoms in total. The number of hydrogen-bond donors (Lipinski definition) is 2. The van der Waals surface area contributed by atoms with Gasteiger partial charge in [-0.2, -0.15) is 13.2 Å². The number of alkyl halides is 3. The molecule has 0 fully saturated rings. The molecule has 0 saturated carbocycles. The van der Waals surface area contributed by atoms with Gasteiger partial charge in [0.2, 0.25) is 0 Å². The van der Waals surface area contributed by atoms with Crippen molar-refractivity contribution in [1.82, 2.24) is 5.32 Å². The lowest BCUT2D eigenvalue weighted by atomic mass is 10.1. The summed E-state index contributed by atoms with van der Waals surface area (Å²) in [4.78, 5) is 11.2. The summed E-state index contributed by atoms with van der Waals surface area (Å²) in [6, 6.07) is 0. The van der Waals surface area contributed by atoms with Gasteiger partial charge in [0.05, 0.1) is 0 Å². The molecule has 1 atom stereocenters. The van der Waals surface area contributed by atoms with Gasteiger partial charge in [-0.1, -0.05) is 0 Å². The van der Waals surface area contributed by atoms with Crippen LogP contribution in [0.1, 0.15) is 20.8 Å². The zero-order chi connectivity index (χ0) is 12.5. The van der Waals surface area contributed by atoms with Crippen LogP contribution in [-0.2, 0) is 9.53 Å². The van der Waals surface area contributed by atoms with Crippen molar-refractivity contribution in [1.29, 1.82) is 0 Å². The fourth-order valence-electron chi connectivity index (χ4n) is 0.762. The van der Waals surface area contributed by atoms with E-state index in [-0.39, 0.29) is 0 Å². The number of halogens is 3. The van der Waals surface area contributed by atoms with E-state index in [1.165, 1.54) is 20.8 Å². The van der Waals surface area contributed by atoms with E-state index >= 15 is 0 Å². The van der Waals surface area contributed by atoms with E-state index in [0.717, 1.165) is 0 Å². The van der Waals surface area contributed by atoms with Gasteiger partial charge in [-0.3, -0.25) is 4.79 Å². The molecule has 0 aromatic rings. The Kier molecular flexibility index (Phi) is 3.76. The van der Waals surface area contributed by atoms with E-state index in [0.29, 0.717) is 7.11 Å². The summed E-state index contributed by atoms with van der Waals surface area (Å²) in [7, 11) is 0.607. The molecular weight excluding hydrogens is 215 g/mol. The van der Waals surface area contributed by atoms with E-state index in [1.807, 2.05) is 5.32 Å². The van der Waals surface area contributed by atoms with Crippen LogP contribution >= 0.6 is 0 Å². The number of aliphatic hydroxyl groups is 1. The van der Waals surface area contributed by atoms with E-state index in [4.69, 9.17) is 5.11 Å². The lowest BCUT2D eigenvalue weighted by Crippen LogP contribution is -2.61. The third-order valence-corrected chi connectivity index (χ3v) is 1.48. The Hall–Kier alpha value is -0.820. The Labute approximate surface area is 85.4 Å². The molecule has 15 heavy (non-hydrogen) atoms. The molecule has 90 valence electrons. The SMILES string of the molecule is COC(O)(C(=O)NC(C)(C)C)C(F)(F)F. The second-order valence-corrected chi connectivity index (χ2v) is 4.05. The van der Waals surface area contributed by atoms with Gasteiger partial charge in [-0.25, -0.2) is 0 Å². The quantitative estimate of drug-likeness (QED) is 0.688. The monoisotopic (exact) mass is 229 g/mol. The Bertz CT molecular complexity index is 246. The second-order valence-electron chi connectivity index (χ2n) is 4.05. The van der Waals surface area contributed by atoms with Crippen LogP contribution in [0, 0.1) is 0 Å². The van der Waals surface area contributed by atoms with Crippen molar-refractivity contribution >= 4 is 5.91 Å². The van der Waals surface area contributed by atoms with Crippen LogP contribution in [0.4, 0.5) is 13.2 Å². The van der Waals surface area contributed by atoms with Crippen LogP contribution in [0.15, 0.2) is 0 Å². The largest absolute Gasteiger partial charge is 0.453 e. The van der Waals surface area contributed by atoms with Gasteiger partial charge in [0.15, 0.2) is 0 Å². The van der Waals surface area contributed by atoms with Crippen molar-refractivity contribution < 1.29 is 27.8 Å². The molecule has 0 aliphatic carbocycles. The van der Waals surface area contributed by atoms with Gasteiger partial charge in [0, 0.05) is 12.6 Å². The highest BCUT2D eigenvalue weighted by Gasteiger charge is 2.61. The molecule has 0 aliphatic heterocycles. The van der Waals surface area contributed by atoms with Gasteiger partial charge in [-0.15, -0.1) is 0 Å². The van der Waals surface area contributed by atoms with Crippen molar-refractivity contribution in [3.8, 4) is 0 Å². The van der Waals surface area contributed by atoms with Crippen LogP contribution in [0.2, 0.25) is 0 Å². The summed E-state index contributed by atoms with van der Waals surface area (Å²) in [5, 5.41) is 11.0. The molecular formula is C8H14F3NO3. The molecule has 0 aromatic carbocycles. The maximum Gasteiger partial charge on any atom is 0.453 e. The lowest BCUT2D eigenvalue weighted by molar-refractivity contribution is -0.337. The fourth-order valence-corrected chi connectivity index (χ4v) is 0.762. The average Bonchev–Trinajstić information content (AvgIpc) is 1.97. The number of amides is 1. The van der Waals surface area contributed by atoms with E-state index < -0.39 is 23.4 Å². The standard InChI is InChI=1S/C8H14F3NO3/c1-6(2,3)12-5(13)7(14,15-4)8(9,10)11/h14H,1-4H3,(H,12,13). The zero-order valence-electron chi connectivity index (χ0n) is 8.90. The first-order valence-electron chi connectivity index (χ1n) is 4.11. The molecule has 0 bridgehead atoms. The Morgan fingerprint density at radius 2 is 1.67 bits per heavy atom. The van der Waals surface area contributed by atoms with Crippen LogP contribution in [-0.4, -0.2) is 35.6 Å². The summed E-state index contributed by atoms with van der Waals surface area (Å²) >= 11 is 0. The number of ether oxygens (including phenoxy) is 1. The minimum Gasteiger partial charge on any atom is -0.351 e. The van der Waals surface area contributed by atoms with Crippen LogP contribution in [0.5, 0.6) is 0 Å². The van der Waals surface area contributed by atoms with Gasteiger partial charge >= 0.3 is 12.0 Å². The summed E-state index contributed by atoms with van der Waals surface area (Å²) in [6.07, 6.45) is -5.18. The number of methoxy groups -OCH3 is 1. The third-order valence-electron chi connectivity index (χ3n) is 1.48. The molecule has 0 saturated heterocycles. The number of carbonyl (C=O) groups is 1. The number of rotatable bonds is 2. The molecule has 2 N–H and O–H groups in total. The van der Waals surface area contributed by atoms with Crippen molar-refractivity contribution in [2.75, 3.05) is 7.11 Å². The summed E-state index contributed by atoms with van der Waals surface area (Å²) in [5.41, 5.74) is -0.894. The highest BCUT2D eigenvalue weighted by molar-refractivity contribution is 5.84. The predicted molar refractivity (Wildman–Crippen MR) is 45.9 cm³/mol. The summed E-state index contributed by atoms with van der Waals surface area (Å²) < 4.78 is 40.7. The highest BCUT2D eigenvalue weighted by atomic mass is 19.4. The number of nitrogens with one attached hydrogen (secondary N) is 1. The number of hydrogen-bond acceptors (Lipinski definition) is 3. The highest BCUT2D eigenvalue weighted by Crippen LogP contribution is 2.31.